The topological polar surface area (TPSA) is 50.8 Å². The molecular weight excluding hydrogens is 396 g/mol. The van der Waals surface area contributed by atoms with Gasteiger partial charge in [0.05, 0.1) is 12.8 Å². The lowest BCUT2D eigenvalue weighted by molar-refractivity contribution is -0.113. The zero-order valence-electron chi connectivity index (χ0n) is 16.4. The van der Waals surface area contributed by atoms with E-state index in [0.29, 0.717) is 28.9 Å². The average molecular weight is 417 g/mol. The molecule has 3 aromatic rings. The minimum atomic E-state index is -0.199. The van der Waals surface area contributed by atoms with Gasteiger partial charge in [-0.05, 0) is 53.7 Å². The molecule has 150 valence electrons. The maximum atomic E-state index is 12.9. The van der Waals surface area contributed by atoms with Gasteiger partial charge in [0.25, 0.3) is 5.91 Å². The van der Waals surface area contributed by atoms with Gasteiger partial charge in [0, 0.05) is 0 Å². The first-order chi connectivity index (χ1) is 14.7. The molecule has 0 atom stereocenters. The highest BCUT2D eigenvalue weighted by Gasteiger charge is 2.31. The molecule has 1 aliphatic rings. The zero-order valence-corrected chi connectivity index (χ0v) is 17.2. The second-order valence-corrected chi connectivity index (χ2v) is 7.04. The first-order valence-electron chi connectivity index (χ1n) is 9.42. The molecule has 0 unspecified atom stereocenters. The summed E-state index contributed by atoms with van der Waals surface area (Å²) < 4.78 is 11.4. The second kappa shape index (κ2) is 8.80. The number of benzene rings is 3. The number of hydrogen-bond acceptors (Lipinski definition) is 4. The van der Waals surface area contributed by atoms with E-state index in [0.717, 1.165) is 16.8 Å². The van der Waals surface area contributed by atoms with Gasteiger partial charge in [-0.25, -0.2) is 0 Å². The molecule has 1 heterocycles. The third-order valence-electron chi connectivity index (χ3n) is 4.63. The van der Waals surface area contributed by atoms with Crippen molar-refractivity contribution in [3.63, 3.8) is 0 Å². The van der Waals surface area contributed by atoms with Crippen LogP contribution in [0.15, 0.2) is 84.6 Å². The maximum Gasteiger partial charge on any atom is 0.281 e. The lowest BCUT2D eigenvalue weighted by atomic mass is 10.1. The van der Waals surface area contributed by atoms with Gasteiger partial charge >= 0.3 is 0 Å². The van der Waals surface area contributed by atoms with Gasteiger partial charge in [-0.1, -0.05) is 54.6 Å². The van der Waals surface area contributed by atoms with Gasteiger partial charge in [-0.3, -0.25) is 9.69 Å². The smallest absolute Gasteiger partial charge is 0.281 e. The molecular formula is C24H20N2O3S. The van der Waals surface area contributed by atoms with E-state index in [9.17, 15) is 4.79 Å². The van der Waals surface area contributed by atoms with Crippen molar-refractivity contribution in [2.75, 3.05) is 12.0 Å². The van der Waals surface area contributed by atoms with Crippen LogP contribution in [0.2, 0.25) is 0 Å². The number of nitrogens with one attached hydrogen (secondary N) is 1. The van der Waals surface area contributed by atoms with E-state index in [-0.39, 0.29) is 5.91 Å². The van der Waals surface area contributed by atoms with Crippen molar-refractivity contribution in [3.8, 4) is 11.5 Å². The number of rotatable bonds is 6. The summed E-state index contributed by atoms with van der Waals surface area (Å²) in [5.41, 5.74) is 3.00. The summed E-state index contributed by atoms with van der Waals surface area (Å²) in [6.45, 7) is 0.442. The van der Waals surface area contributed by atoms with Crippen LogP contribution in [0.25, 0.3) is 6.08 Å². The number of methoxy groups -OCH3 is 1. The van der Waals surface area contributed by atoms with Gasteiger partial charge in [0.15, 0.2) is 16.6 Å². The predicted molar refractivity (Wildman–Crippen MR) is 121 cm³/mol. The van der Waals surface area contributed by atoms with E-state index in [1.54, 1.807) is 13.2 Å². The Labute approximate surface area is 180 Å². The molecule has 0 aliphatic carbocycles. The van der Waals surface area contributed by atoms with Crippen LogP contribution in [0.4, 0.5) is 5.69 Å². The summed E-state index contributed by atoms with van der Waals surface area (Å²) in [5, 5.41) is 3.35. The summed E-state index contributed by atoms with van der Waals surface area (Å²) in [7, 11) is 1.59. The SMILES string of the molecule is COc1cc(/C=C2/NC(=S)N(c3ccccc3)C2=O)ccc1OCc1ccccc1. The number of thiocarbonyl (C=S) groups is 1. The number of ether oxygens (including phenoxy) is 2. The van der Waals surface area contributed by atoms with E-state index >= 15 is 0 Å². The third kappa shape index (κ3) is 4.18. The Morgan fingerprint density at radius 2 is 1.67 bits per heavy atom. The average Bonchev–Trinajstić information content (AvgIpc) is 3.06. The monoisotopic (exact) mass is 416 g/mol. The summed E-state index contributed by atoms with van der Waals surface area (Å²) in [6.07, 6.45) is 1.75. The van der Waals surface area contributed by atoms with Gasteiger partial charge in [0.1, 0.15) is 12.3 Å². The molecule has 6 heteroatoms. The highest BCUT2D eigenvalue weighted by atomic mass is 32.1. The zero-order chi connectivity index (χ0) is 20.9. The van der Waals surface area contributed by atoms with Gasteiger partial charge in [0.2, 0.25) is 0 Å². The number of nitrogens with zero attached hydrogens (tertiary/aromatic N) is 1. The van der Waals surface area contributed by atoms with E-state index in [4.69, 9.17) is 21.7 Å². The van der Waals surface area contributed by atoms with Crippen molar-refractivity contribution >= 4 is 35.0 Å². The van der Waals surface area contributed by atoms with E-state index in [2.05, 4.69) is 5.32 Å². The molecule has 0 spiro atoms. The standard InChI is InChI=1S/C24H20N2O3S/c1-28-22-15-18(12-13-21(22)29-16-17-8-4-2-5-9-17)14-20-23(27)26(24(30)25-20)19-10-6-3-7-11-19/h2-15H,16H2,1H3,(H,25,30)/b20-14+. The van der Waals surface area contributed by atoms with Crippen molar-refractivity contribution in [2.45, 2.75) is 6.61 Å². The Bertz CT molecular complexity index is 1100. The fourth-order valence-electron chi connectivity index (χ4n) is 3.14. The molecule has 5 nitrogen and oxygen atoms in total. The molecule has 1 fully saturated rings. The summed E-state index contributed by atoms with van der Waals surface area (Å²) in [4.78, 5) is 14.3. The number of hydrogen-bond donors (Lipinski definition) is 1. The molecule has 0 bridgehead atoms. The molecule has 0 saturated carbocycles. The van der Waals surface area contributed by atoms with Crippen molar-refractivity contribution in [2.24, 2.45) is 0 Å². The minimum absolute atomic E-state index is 0.199. The van der Waals surface area contributed by atoms with Crippen molar-refractivity contribution < 1.29 is 14.3 Å². The molecule has 30 heavy (non-hydrogen) atoms. The van der Waals surface area contributed by atoms with Crippen LogP contribution in [0.5, 0.6) is 11.5 Å². The van der Waals surface area contributed by atoms with Gasteiger partial charge in [-0.2, -0.15) is 0 Å². The largest absolute Gasteiger partial charge is 0.493 e. The first-order valence-corrected chi connectivity index (χ1v) is 9.83. The minimum Gasteiger partial charge on any atom is -0.493 e. The van der Waals surface area contributed by atoms with Crippen LogP contribution < -0.4 is 19.7 Å². The molecule has 1 amide bonds. The van der Waals surface area contributed by atoms with Gasteiger partial charge < -0.3 is 14.8 Å². The molecule has 0 radical (unpaired) electrons. The fourth-order valence-corrected chi connectivity index (χ4v) is 3.44. The van der Waals surface area contributed by atoms with Crippen LogP contribution in [-0.4, -0.2) is 18.1 Å². The summed E-state index contributed by atoms with van der Waals surface area (Å²) in [5.74, 6) is 1.03. The Morgan fingerprint density at radius 1 is 0.967 bits per heavy atom. The van der Waals surface area contributed by atoms with Crippen LogP contribution in [0, 0.1) is 0 Å². The second-order valence-electron chi connectivity index (χ2n) is 6.65. The van der Waals surface area contributed by atoms with Crippen molar-refractivity contribution in [1.29, 1.82) is 0 Å². The summed E-state index contributed by atoms with van der Waals surface area (Å²) >= 11 is 5.35. The number of carbonyl (C=O) groups excluding carboxylic acids is 1. The Kier molecular flexibility index (Phi) is 5.77. The first kappa shape index (κ1) is 19.7. The Morgan fingerprint density at radius 3 is 2.37 bits per heavy atom. The van der Waals surface area contributed by atoms with Crippen LogP contribution in [0.1, 0.15) is 11.1 Å². The van der Waals surface area contributed by atoms with E-state index in [1.807, 2.05) is 78.9 Å². The lowest BCUT2D eigenvalue weighted by Crippen LogP contribution is -2.30. The third-order valence-corrected chi connectivity index (χ3v) is 4.91. The molecule has 4 rings (SSSR count). The number of para-hydroxylation sites is 1. The number of carbonyl (C=O) groups is 1. The fraction of sp³-hybridized carbons (Fsp3) is 0.0833. The molecule has 0 aromatic heterocycles. The molecule has 3 aromatic carbocycles. The van der Waals surface area contributed by atoms with E-state index < -0.39 is 0 Å². The van der Waals surface area contributed by atoms with Crippen LogP contribution in [0.3, 0.4) is 0 Å². The maximum absolute atomic E-state index is 12.9. The highest BCUT2D eigenvalue weighted by Crippen LogP contribution is 2.30. The Balaban J connectivity index is 1.53. The van der Waals surface area contributed by atoms with Crippen molar-refractivity contribution in [3.05, 3.63) is 95.7 Å². The molecule has 1 saturated heterocycles. The Hall–Kier alpha value is -3.64. The summed E-state index contributed by atoms with van der Waals surface area (Å²) in [6, 6.07) is 24.8. The number of anilines is 1. The van der Waals surface area contributed by atoms with Gasteiger partial charge in [-0.15, -0.1) is 0 Å². The molecule has 1 N–H and O–H groups in total. The van der Waals surface area contributed by atoms with E-state index in [1.165, 1.54) is 4.90 Å². The highest BCUT2D eigenvalue weighted by molar-refractivity contribution is 7.80. The lowest BCUT2D eigenvalue weighted by Gasteiger charge is -2.13. The quantitative estimate of drug-likeness (QED) is 0.472. The van der Waals surface area contributed by atoms with Crippen LogP contribution >= 0.6 is 12.2 Å². The van der Waals surface area contributed by atoms with Crippen molar-refractivity contribution in [1.82, 2.24) is 5.32 Å². The molecule has 1 aliphatic heterocycles. The number of amides is 1. The predicted octanol–water partition coefficient (Wildman–Crippen LogP) is 4.54. The van der Waals surface area contributed by atoms with Crippen LogP contribution in [-0.2, 0) is 11.4 Å². The normalized spacial score (nSPS) is 14.7.